The molecule has 3 rings (SSSR count). The molecule has 5 heteroatoms. The molecule has 0 radical (unpaired) electrons. The molecule has 0 amide bonds. The van der Waals surface area contributed by atoms with Gasteiger partial charge in [-0.05, 0) is 31.5 Å². The summed E-state index contributed by atoms with van der Waals surface area (Å²) in [7, 11) is 0. The molecular weight excluding hydrogens is 314 g/mol. The summed E-state index contributed by atoms with van der Waals surface area (Å²) in [5.41, 5.74) is 0.112. The second-order valence-corrected chi connectivity index (χ2v) is 5.79. The van der Waals surface area contributed by atoms with Gasteiger partial charge in [-0.15, -0.1) is 0 Å². The van der Waals surface area contributed by atoms with E-state index in [1.165, 1.54) is 6.07 Å². The van der Waals surface area contributed by atoms with Crippen LogP contribution in [0.5, 0.6) is 5.75 Å². The lowest BCUT2D eigenvalue weighted by Crippen LogP contribution is -2.00. The molecule has 3 nitrogen and oxygen atoms in total. The molecule has 0 unspecified atom stereocenters. The van der Waals surface area contributed by atoms with Gasteiger partial charge in [0.2, 0.25) is 5.82 Å². The van der Waals surface area contributed by atoms with E-state index in [2.05, 4.69) is 0 Å². The lowest BCUT2D eigenvalue weighted by Gasteiger charge is -2.11. The number of aliphatic hydroxyl groups excluding tert-OH is 1. The van der Waals surface area contributed by atoms with Gasteiger partial charge >= 0.3 is 0 Å². The predicted molar refractivity (Wildman–Crippen MR) is 89.3 cm³/mol. The summed E-state index contributed by atoms with van der Waals surface area (Å²) < 4.78 is 39.9. The molecule has 0 bridgehead atoms. The Kier molecular flexibility index (Phi) is 4.71. The van der Waals surface area contributed by atoms with Crippen LogP contribution in [0.15, 0.2) is 28.7 Å². The molecule has 0 spiro atoms. The Morgan fingerprint density at radius 3 is 2.38 bits per heavy atom. The summed E-state index contributed by atoms with van der Waals surface area (Å²) in [6, 6.07) is 6.37. The zero-order valence-electron chi connectivity index (χ0n) is 13.7. The number of unbranched alkanes of at least 4 members (excludes halogenated alkanes) is 1. The zero-order chi connectivity index (χ0) is 17.3. The number of aliphatic hydroxyl groups is 1. The molecule has 0 saturated carbocycles. The van der Waals surface area contributed by atoms with Crippen molar-refractivity contribution < 1.29 is 23.0 Å². The number of rotatable bonds is 6. The Labute approximate surface area is 138 Å². The van der Waals surface area contributed by atoms with E-state index in [1.807, 2.05) is 6.92 Å². The Balaban J connectivity index is 2.14. The molecule has 0 aliphatic carbocycles. The Morgan fingerprint density at radius 1 is 1.04 bits per heavy atom. The minimum absolute atomic E-state index is 0.0324. The highest BCUT2D eigenvalue weighted by Crippen LogP contribution is 2.37. The standard InChI is InChI=1S/C19H20F2O3/c1-3-5-6-14(22)13-8-7-11-12-9-10-15(23-4-2)17(21)19(12)24-18(11)16(13)20/h7-10,14,22H,3-6H2,1-2H3/t14-/m0/s1. The molecule has 3 aromatic rings. The summed E-state index contributed by atoms with van der Waals surface area (Å²) in [6.07, 6.45) is 1.29. The number of fused-ring (bicyclic) bond motifs is 3. The van der Waals surface area contributed by atoms with Crippen LogP contribution in [-0.4, -0.2) is 11.7 Å². The van der Waals surface area contributed by atoms with Gasteiger partial charge in [0.15, 0.2) is 22.7 Å². The van der Waals surface area contributed by atoms with Crippen molar-refractivity contribution in [3.63, 3.8) is 0 Å². The van der Waals surface area contributed by atoms with Crippen molar-refractivity contribution in [1.29, 1.82) is 0 Å². The fourth-order valence-electron chi connectivity index (χ4n) is 2.91. The first-order valence-corrected chi connectivity index (χ1v) is 8.22. The highest BCUT2D eigenvalue weighted by atomic mass is 19.1. The monoisotopic (exact) mass is 334 g/mol. The van der Waals surface area contributed by atoms with Crippen LogP contribution in [0.1, 0.15) is 44.8 Å². The lowest BCUT2D eigenvalue weighted by molar-refractivity contribution is 0.160. The molecule has 0 saturated heterocycles. The number of ether oxygens (including phenoxy) is 1. The largest absolute Gasteiger partial charge is 0.491 e. The topological polar surface area (TPSA) is 42.6 Å². The second-order valence-electron chi connectivity index (χ2n) is 5.79. The first kappa shape index (κ1) is 16.7. The van der Waals surface area contributed by atoms with Crippen LogP contribution in [-0.2, 0) is 0 Å². The summed E-state index contributed by atoms with van der Waals surface area (Å²) in [4.78, 5) is 0. The van der Waals surface area contributed by atoms with Gasteiger partial charge in [-0.2, -0.15) is 4.39 Å². The highest BCUT2D eigenvalue weighted by molar-refractivity contribution is 6.05. The van der Waals surface area contributed by atoms with Crippen molar-refractivity contribution in [2.75, 3.05) is 6.61 Å². The zero-order valence-corrected chi connectivity index (χ0v) is 13.7. The Bertz CT molecular complexity index is 870. The molecule has 1 aromatic heterocycles. The quantitative estimate of drug-likeness (QED) is 0.648. The summed E-state index contributed by atoms with van der Waals surface area (Å²) >= 11 is 0. The van der Waals surface area contributed by atoms with Crippen molar-refractivity contribution in [2.45, 2.75) is 39.2 Å². The van der Waals surface area contributed by atoms with E-state index in [0.717, 1.165) is 12.8 Å². The van der Waals surface area contributed by atoms with Gasteiger partial charge in [-0.1, -0.05) is 25.8 Å². The lowest BCUT2D eigenvalue weighted by atomic mass is 10.0. The molecule has 0 aliphatic rings. The highest BCUT2D eigenvalue weighted by Gasteiger charge is 2.21. The van der Waals surface area contributed by atoms with E-state index in [0.29, 0.717) is 23.8 Å². The van der Waals surface area contributed by atoms with Gasteiger partial charge in [-0.25, -0.2) is 4.39 Å². The predicted octanol–water partition coefficient (Wildman–Crippen LogP) is 5.49. The smallest absolute Gasteiger partial charge is 0.208 e. The maximum Gasteiger partial charge on any atom is 0.208 e. The summed E-state index contributed by atoms with van der Waals surface area (Å²) in [5, 5.41) is 11.1. The number of halogens is 2. The van der Waals surface area contributed by atoms with Gasteiger partial charge in [0, 0.05) is 16.3 Å². The van der Waals surface area contributed by atoms with Crippen LogP contribution < -0.4 is 4.74 Å². The minimum atomic E-state index is -0.897. The van der Waals surface area contributed by atoms with Crippen LogP contribution in [0.3, 0.4) is 0 Å². The van der Waals surface area contributed by atoms with Crippen molar-refractivity contribution in [3.05, 3.63) is 41.5 Å². The SMILES string of the molecule is CCCC[C@H](O)c1ccc2c(oc3c(F)c(OCC)ccc32)c1F. The fourth-order valence-corrected chi connectivity index (χ4v) is 2.91. The van der Waals surface area contributed by atoms with Crippen molar-refractivity contribution in [3.8, 4) is 5.75 Å². The molecule has 24 heavy (non-hydrogen) atoms. The number of furan rings is 1. The van der Waals surface area contributed by atoms with E-state index < -0.39 is 17.7 Å². The third-order valence-corrected chi connectivity index (χ3v) is 4.17. The second kappa shape index (κ2) is 6.77. The van der Waals surface area contributed by atoms with E-state index in [1.54, 1.807) is 25.1 Å². The number of hydrogen-bond donors (Lipinski definition) is 1. The van der Waals surface area contributed by atoms with Crippen LogP contribution in [0.4, 0.5) is 8.78 Å². The van der Waals surface area contributed by atoms with Crippen LogP contribution >= 0.6 is 0 Å². The fraction of sp³-hybridized carbons (Fsp3) is 0.368. The van der Waals surface area contributed by atoms with Crippen molar-refractivity contribution in [2.24, 2.45) is 0 Å². The number of benzene rings is 2. The van der Waals surface area contributed by atoms with E-state index in [4.69, 9.17) is 9.15 Å². The Hall–Kier alpha value is -2.14. The average Bonchev–Trinajstić information content (AvgIpc) is 2.96. The molecule has 128 valence electrons. The molecular formula is C19H20F2O3. The number of hydrogen-bond acceptors (Lipinski definition) is 3. The van der Waals surface area contributed by atoms with Gasteiger partial charge < -0.3 is 14.3 Å². The van der Waals surface area contributed by atoms with Crippen molar-refractivity contribution in [1.82, 2.24) is 0 Å². The van der Waals surface area contributed by atoms with Crippen LogP contribution in [0, 0.1) is 11.6 Å². The van der Waals surface area contributed by atoms with Gasteiger partial charge in [-0.3, -0.25) is 0 Å². The third-order valence-electron chi connectivity index (χ3n) is 4.17. The first-order valence-electron chi connectivity index (χ1n) is 8.22. The molecule has 1 atom stereocenters. The van der Waals surface area contributed by atoms with Crippen LogP contribution in [0.25, 0.3) is 21.9 Å². The molecule has 1 N–H and O–H groups in total. The molecule has 2 aromatic carbocycles. The summed E-state index contributed by atoms with van der Waals surface area (Å²) in [6.45, 7) is 4.08. The first-order chi connectivity index (χ1) is 11.6. The summed E-state index contributed by atoms with van der Waals surface area (Å²) in [5.74, 6) is -1.20. The normalized spacial score (nSPS) is 12.9. The van der Waals surface area contributed by atoms with Gasteiger partial charge in [0.25, 0.3) is 0 Å². The van der Waals surface area contributed by atoms with E-state index in [9.17, 15) is 13.9 Å². The van der Waals surface area contributed by atoms with Gasteiger partial charge in [0.05, 0.1) is 12.7 Å². The van der Waals surface area contributed by atoms with Crippen LogP contribution in [0.2, 0.25) is 0 Å². The van der Waals surface area contributed by atoms with E-state index >= 15 is 0 Å². The van der Waals surface area contributed by atoms with Crippen molar-refractivity contribution >= 4 is 21.9 Å². The third kappa shape index (κ3) is 2.73. The van der Waals surface area contributed by atoms with E-state index in [-0.39, 0.29) is 22.5 Å². The Morgan fingerprint density at radius 2 is 1.71 bits per heavy atom. The molecule has 0 aliphatic heterocycles. The molecule has 0 fully saturated rings. The maximum absolute atomic E-state index is 14.8. The minimum Gasteiger partial charge on any atom is -0.491 e. The van der Waals surface area contributed by atoms with Gasteiger partial charge in [0.1, 0.15) is 0 Å². The molecule has 1 heterocycles. The average molecular weight is 334 g/mol. The maximum atomic E-state index is 14.8.